The van der Waals surface area contributed by atoms with E-state index in [1.165, 1.54) is 0 Å². The van der Waals surface area contributed by atoms with Crippen molar-refractivity contribution in [3.05, 3.63) is 18.6 Å². The number of rotatable bonds is 5. The number of nitrogens with zero attached hydrogens (tertiary/aromatic N) is 5. The highest BCUT2D eigenvalue weighted by Crippen LogP contribution is 2.30. The van der Waals surface area contributed by atoms with Gasteiger partial charge in [-0.15, -0.1) is 5.10 Å². The largest absolute Gasteiger partial charge is 0.473 e. The molecule has 3 aromatic heterocycles. The third-order valence-corrected chi connectivity index (χ3v) is 5.65. The molecule has 2 aliphatic rings. The first-order valence-corrected chi connectivity index (χ1v) is 10.2. The fourth-order valence-electron chi connectivity index (χ4n) is 3.93. The first-order valence-electron chi connectivity index (χ1n) is 10.2. The standard InChI is InChI=1S/C19H26N8O2/c1-12-8-20-5-2-15(12)24-19-25-16-11-21-17(13-9-22-23-10-13)18(27(16)26-19)29-14-3-6-28-7-4-14/h9-12,14-15,20H,2-8H2,1H3,(H,22,23)(H,24,26)/t12-,15+/m1/s1. The van der Waals surface area contributed by atoms with E-state index in [1.54, 1.807) is 23.1 Å². The van der Waals surface area contributed by atoms with Crippen LogP contribution in [0.1, 0.15) is 26.2 Å². The Labute approximate surface area is 168 Å². The van der Waals surface area contributed by atoms with Crippen molar-refractivity contribution < 1.29 is 9.47 Å². The Kier molecular flexibility index (Phi) is 5.03. The van der Waals surface area contributed by atoms with Gasteiger partial charge in [0, 0.05) is 30.6 Å². The lowest BCUT2D eigenvalue weighted by Crippen LogP contribution is -2.42. The van der Waals surface area contributed by atoms with Gasteiger partial charge in [-0.25, -0.2) is 4.98 Å². The molecule has 2 fully saturated rings. The summed E-state index contributed by atoms with van der Waals surface area (Å²) in [5, 5.41) is 18.5. The monoisotopic (exact) mass is 398 g/mol. The van der Waals surface area contributed by atoms with E-state index in [1.807, 2.05) is 0 Å². The first-order chi connectivity index (χ1) is 14.3. The van der Waals surface area contributed by atoms with Gasteiger partial charge in [-0.1, -0.05) is 6.92 Å². The van der Waals surface area contributed by atoms with Gasteiger partial charge in [-0.2, -0.15) is 14.6 Å². The number of aromatic amines is 1. The highest BCUT2D eigenvalue weighted by molar-refractivity contribution is 5.65. The molecule has 3 N–H and O–H groups in total. The fourth-order valence-corrected chi connectivity index (χ4v) is 3.93. The second-order valence-electron chi connectivity index (χ2n) is 7.75. The molecule has 154 valence electrons. The topological polar surface area (TPSA) is 114 Å². The highest BCUT2D eigenvalue weighted by atomic mass is 16.5. The summed E-state index contributed by atoms with van der Waals surface area (Å²) in [5.74, 6) is 1.70. The summed E-state index contributed by atoms with van der Waals surface area (Å²) in [4.78, 5) is 9.26. The normalized spacial score (nSPS) is 23.3. The van der Waals surface area contributed by atoms with E-state index in [4.69, 9.17) is 14.6 Å². The molecule has 5 heterocycles. The maximum atomic E-state index is 6.39. The van der Waals surface area contributed by atoms with Crippen LogP contribution >= 0.6 is 0 Å². The molecule has 29 heavy (non-hydrogen) atoms. The Hall–Kier alpha value is -2.72. The van der Waals surface area contributed by atoms with E-state index in [9.17, 15) is 0 Å². The van der Waals surface area contributed by atoms with Crippen LogP contribution in [0.3, 0.4) is 0 Å². The summed E-state index contributed by atoms with van der Waals surface area (Å²) in [7, 11) is 0. The smallest absolute Gasteiger partial charge is 0.244 e. The van der Waals surface area contributed by atoms with Crippen molar-refractivity contribution in [1.82, 2.24) is 35.1 Å². The van der Waals surface area contributed by atoms with Crippen molar-refractivity contribution in [2.24, 2.45) is 5.92 Å². The molecule has 2 atom stereocenters. The minimum atomic E-state index is 0.0619. The number of nitrogens with one attached hydrogen (secondary N) is 3. The molecule has 0 bridgehead atoms. The van der Waals surface area contributed by atoms with Crippen LogP contribution in [0, 0.1) is 5.92 Å². The molecule has 0 unspecified atom stereocenters. The lowest BCUT2D eigenvalue weighted by atomic mass is 9.95. The summed E-state index contributed by atoms with van der Waals surface area (Å²) in [6.45, 7) is 5.63. The molecule has 10 nitrogen and oxygen atoms in total. The maximum absolute atomic E-state index is 6.39. The molecule has 5 rings (SSSR count). The van der Waals surface area contributed by atoms with E-state index in [0.29, 0.717) is 48.3 Å². The number of H-pyrrole nitrogens is 1. The van der Waals surface area contributed by atoms with Crippen LogP contribution in [0.15, 0.2) is 18.6 Å². The van der Waals surface area contributed by atoms with Crippen LogP contribution in [0.5, 0.6) is 5.88 Å². The summed E-state index contributed by atoms with van der Waals surface area (Å²) < 4.78 is 13.6. The third kappa shape index (κ3) is 3.77. The van der Waals surface area contributed by atoms with E-state index in [2.05, 4.69) is 37.7 Å². The summed E-state index contributed by atoms with van der Waals surface area (Å²) in [6.07, 6.45) is 8.05. The van der Waals surface area contributed by atoms with Crippen molar-refractivity contribution >= 4 is 11.6 Å². The average Bonchev–Trinajstić information content (AvgIpc) is 3.41. The number of ether oxygens (including phenoxy) is 2. The predicted molar refractivity (Wildman–Crippen MR) is 107 cm³/mol. The molecule has 2 saturated heterocycles. The Morgan fingerprint density at radius 2 is 2.14 bits per heavy atom. The van der Waals surface area contributed by atoms with E-state index < -0.39 is 0 Å². The van der Waals surface area contributed by atoms with Gasteiger partial charge in [0.1, 0.15) is 11.8 Å². The molecule has 0 aromatic carbocycles. The molecule has 0 saturated carbocycles. The Bertz CT molecular complexity index is 951. The molecule has 10 heteroatoms. The van der Waals surface area contributed by atoms with E-state index >= 15 is 0 Å². The molecular formula is C19H26N8O2. The molecule has 0 spiro atoms. The number of hydrogen-bond acceptors (Lipinski definition) is 8. The zero-order valence-electron chi connectivity index (χ0n) is 16.5. The number of anilines is 1. The number of fused-ring (bicyclic) bond motifs is 1. The molecular weight excluding hydrogens is 372 g/mol. The predicted octanol–water partition coefficient (Wildman–Crippen LogP) is 1.48. The number of piperidine rings is 1. The molecule has 3 aromatic rings. The second-order valence-corrected chi connectivity index (χ2v) is 7.75. The van der Waals surface area contributed by atoms with Gasteiger partial charge in [0.2, 0.25) is 11.8 Å². The van der Waals surface area contributed by atoms with Crippen molar-refractivity contribution in [1.29, 1.82) is 0 Å². The van der Waals surface area contributed by atoms with Crippen LogP contribution in [0.4, 0.5) is 5.95 Å². The van der Waals surface area contributed by atoms with Crippen molar-refractivity contribution in [3.8, 4) is 17.1 Å². The van der Waals surface area contributed by atoms with Crippen LogP contribution in [-0.2, 0) is 4.74 Å². The van der Waals surface area contributed by atoms with Crippen molar-refractivity contribution in [2.45, 2.75) is 38.3 Å². The minimum Gasteiger partial charge on any atom is -0.473 e. The van der Waals surface area contributed by atoms with Crippen molar-refractivity contribution in [2.75, 3.05) is 31.6 Å². The van der Waals surface area contributed by atoms with Crippen LogP contribution in [0.25, 0.3) is 16.9 Å². The molecule has 0 radical (unpaired) electrons. The zero-order chi connectivity index (χ0) is 19.6. The van der Waals surface area contributed by atoms with Crippen LogP contribution < -0.4 is 15.4 Å². The molecule has 0 aliphatic carbocycles. The number of hydrogen-bond donors (Lipinski definition) is 3. The Balaban J connectivity index is 1.50. The Morgan fingerprint density at radius 3 is 2.93 bits per heavy atom. The summed E-state index contributed by atoms with van der Waals surface area (Å²) in [6, 6.07) is 0.342. The molecule has 0 amide bonds. The van der Waals surface area contributed by atoms with E-state index in [-0.39, 0.29) is 6.10 Å². The summed E-state index contributed by atoms with van der Waals surface area (Å²) >= 11 is 0. The van der Waals surface area contributed by atoms with Gasteiger partial charge in [-0.05, 0) is 25.4 Å². The SMILES string of the molecule is C[C@@H]1CNCC[C@@H]1Nc1nc2cnc(-c3cn[nH]c3)c(OC3CCOCC3)n2n1. The quantitative estimate of drug-likeness (QED) is 0.592. The Morgan fingerprint density at radius 1 is 1.24 bits per heavy atom. The average molecular weight is 398 g/mol. The van der Waals surface area contributed by atoms with Gasteiger partial charge >= 0.3 is 0 Å². The highest BCUT2D eigenvalue weighted by Gasteiger charge is 2.25. The van der Waals surface area contributed by atoms with Gasteiger partial charge < -0.3 is 20.1 Å². The first kappa shape index (κ1) is 18.3. The number of aromatic nitrogens is 6. The van der Waals surface area contributed by atoms with Gasteiger partial charge in [0.15, 0.2) is 5.65 Å². The van der Waals surface area contributed by atoms with Gasteiger partial charge in [0.25, 0.3) is 0 Å². The van der Waals surface area contributed by atoms with Gasteiger partial charge in [0.05, 0.1) is 25.6 Å². The van der Waals surface area contributed by atoms with Crippen LogP contribution in [0.2, 0.25) is 0 Å². The maximum Gasteiger partial charge on any atom is 0.244 e. The summed E-state index contributed by atoms with van der Waals surface area (Å²) in [5.41, 5.74) is 2.21. The fraction of sp³-hybridized carbons (Fsp3) is 0.579. The molecule has 2 aliphatic heterocycles. The van der Waals surface area contributed by atoms with E-state index in [0.717, 1.165) is 37.9 Å². The lowest BCUT2D eigenvalue weighted by Gasteiger charge is -2.29. The zero-order valence-corrected chi connectivity index (χ0v) is 16.5. The minimum absolute atomic E-state index is 0.0619. The van der Waals surface area contributed by atoms with Crippen molar-refractivity contribution in [3.63, 3.8) is 0 Å². The second kappa shape index (κ2) is 7.96. The van der Waals surface area contributed by atoms with Crippen LogP contribution in [-0.4, -0.2) is 68.2 Å². The lowest BCUT2D eigenvalue weighted by molar-refractivity contribution is 0.0229. The third-order valence-electron chi connectivity index (χ3n) is 5.65. The van der Waals surface area contributed by atoms with Gasteiger partial charge in [-0.3, -0.25) is 5.10 Å².